The van der Waals surface area contributed by atoms with Gasteiger partial charge in [0, 0.05) is 17.6 Å². The van der Waals surface area contributed by atoms with Gasteiger partial charge < -0.3 is 9.15 Å². The predicted molar refractivity (Wildman–Crippen MR) is 85.8 cm³/mol. The second kappa shape index (κ2) is 6.33. The molecule has 1 aliphatic heterocycles. The summed E-state index contributed by atoms with van der Waals surface area (Å²) in [5.41, 5.74) is 1.19. The van der Waals surface area contributed by atoms with Gasteiger partial charge >= 0.3 is 5.91 Å². The van der Waals surface area contributed by atoms with Gasteiger partial charge in [-0.2, -0.15) is 0 Å². The van der Waals surface area contributed by atoms with E-state index in [-0.39, 0.29) is 17.6 Å². The first-order valence-electron chi connectivity index (χ1n) is 7.61. The molecule has 1 aromatic heterocycles. The predicted octanol–water partition coefficient (Wildman–Crippen LogP) is 2.37. The largest absolute Gasteiger partial charge is 0.451 e. The molecule has 1 atom stereocenters. The van der Waals surface area contributed by atoms with E-state index >= 15 is 0 Å². The molecule has 0 bridgehead atoms. The Kier molecular flexibility index (Phi) is 4.41. The first-order chi connectivity index (χ1) is 11.0. The molecule has 0 saturated carbocycles. The van der Waals surface area contributed by atoms with Gasteiger partial charge in [0.05, 0.1) is 11.9 Å². The van der Waals surface area contributed by atoms with Crippen LogP contribution in [0, 0.1) is 6.92 Å². The van der Waals surface area contributed by atoms with Gasteiger partial charge in [-0.15, -0.1) is 0 Å². The van der Waals surface area contributed by atoms with Gasteiger partial charge in [0.25, 0.3) is 0 Å². The number of hydrogen-bond acceptors (Lipinski definition) is 5. The van der Waals surface area contributed by atoms with Crippen LogP contribution < -0.4 is 4.72 Å². The Bertz CT molecular complexity index is 818. The molecule has 0 radical (unpaired) electrons. The number of ether oxygens (including phenoxy) is 1. The fourth-order valence-electron chi connectivity index (χ4n) is 2.80. The van der Waals surface area contributed by atoms with E-state index in [4.69, 9.17) is 9.15 Å². The number of rotatable bonds is 4. The first-order valence-corrected chi connectivity index (χ1v) is 9.26. The topological polar surface area (TPSA) is 85.6 Å². The zero-order chi connectivity index (χ0) is 16.4. The van der Waals surface area contributed by atoms with Crippen molar-refractivity contribution in [2.75, 3.05) is 12.4 Å². The monoisotopic (exact) mass is 337 g/mol. The molecular formula is C16H19NO5S. The maximum Gasteiger partial charge on any atom is 0.300 e. The third-order valence-corrected chi connectivity index (χ3v) is 5.28. The zero-order valence-electron chi connectivity index (χ0n) is 12.9. The molecule has 23 heavy (non-hydrogen) atoms. The van der Waals surface area contributed by atoms with E-state index < -0.39 is 15.9 Å². The Morgan fingerprint density at radius 1 is 1.30 bits per heavy atom. The summed E-state index contributed by atoms with van der Waals surface area (Å²) in [5, 5.41) is 0.797. The molecule has 1 fully saturated rings. The van der Waals surface area contributed by atoms with Crippen LogP contribution in [0.5, 0.6) is 0 Å². The van der Waals surface area contributed by atoms with E-state index in [0.29, 0.717) is 24.2 Å². The van der Waals surface area contributed by atoms with Crippen LogP contribution in [0.1, 0.15) is 35.4 Å². The normalized spacial score (nSPS) is 18.9. The molecule has 6 nitrogen and oxygen atoms in total. The van der Waals surface area contributed by atoms with Crippen molar-refractivity contribution in [3.05, 3.63) is 35.6 Å². The number of aryl methyl sites for hydroxylation is 1. The maximum absolute atomic E-state index is 12.3. The highest BCUT2D eigenvalue weighted by Crippen LogP contribution is 2.25. The van der Waals surface area contributed by atoms with E-state index in [1.165, 1.54) is 0 Å². The summed E-state index contributed by atoms with van der Waals surface area (Å²) in [5.74, 6) is -0.924. The van der Waals surface area contributed by atoms with Crippen molar-refractivity contribution in [2.24, 2.45) is 0 Å². The van der Waals surface area contributed by atoms with Crippen molar-refractivity contribution in [3.8, 4) is 0 Å². The molecule has 1 unspecified atom stereocenters. The fourth-order valence-corrected chi connectivity index (χ4v) is 4.01. The maximum atomic E-state index is 12.3. The van der Waals surface area contributed by atoms with E-state index in [0.717, 1.165) is 18.2 Å². The first kappa shape index (κ1) is 16.0. The number of sulfonamides is 1. The number of carbonyl (C=O) groups is 1. The Morgan fingerprint density at radius 2 is 2.09 bits per heavy atom. The van der Waals surface area contributed by atoms with Crippen molar-refractivity contribution in [3.63, 3.8) is 0 Å². The number of fused-ring (bicyclic) bond motifs is 1. The SMILES string of the molecule is Cc1c(C(=O)NS(=O)(=O)CC2CCCCO2)oc2ccccc12. The Hall–Kier alpha value is -1.86. The third kappa shape index (κ3) is 3.56. The van der Waals surface area contributed by atoms with E-state index in [1.807, 2.05) is 12.1 Å². The molecule has 124 valence electrons. The molecular weight excluding hydrogens is 318 g/mol. The van der Waals surface area contributed by atoms with E-state index in [1.54, 1.807) is 19.1 Å². The molecule has 7 heteroatoms. The minimum Gasteiger partial charge on any atom is -0.451 e. The highest BCUT2D eigenvalue weighted by molar-refractivity contribution is 7.90. The van der Waals surface area contributed by atoms with Gasteiger partial charge in [-0.05, 0) is 32.3 Å². The smallest absolute Gasteiger partial charge is 0.300 e. The van der Waals surface area contributed by atoms with E-state index in [9.17, 15) is 13.2 Å². The Balaban J connectivity index is 1.75. The third-order valence-electron chi connectivity index (χ3n) is 3.98. The van der Waals surface area contributed by atoms with Crippen LogP contribution in [0.15, 0.2) is 28.7 Å². The molecule has 3 rings (SSSR count). The summed E-state index contributed by atoms with van der Waals surface area (Å²) in [6.45, 7) is 2.30. The number of para-hydroxylation sites is 1. The standard InChI is InChI=1S/C16H19NO5S/c1-11-13-7-2-3-8-14(13)22-15(11)16(18)17-23(19,20)10-12-6-4-5-9-21-12/h2-3,7-8,12H,4-6,9-10H2,1H3,(H,17,18). The number of hydrogen-bond donors (Lipinski definition) is 1. The Labute approximate surface area is 134 Å². The van der Waals surface area contributed by atoms with Crippen LogP contribution in [0.3, 0.4) is 0 Å². The summed E-state index contributed by atoms with van der Waals surface area (Å²) in [6.07, 6.45) is 2.22. The summed E-state index contributed by atoms with van der Waals surface area (Å²) in [7, 11) is -3.77. The summed E-state index contributed by atoms with van der Waals surface area (Å²) in [4.78, 5) is 12.3. The van der Waals surface area contributed by atoms with Crippen molar-refractivity contribution >= 4 is 26.9 Å². The lowest BCUT2D eigenvalue weighted by Gasteiger charge is -2.22. The van der Waals surface area contributed by atoms with Crippen LogP contribution in [0.4, 0.5) is 0 Å². The van der Waals surface area contributed by atoms with Crippen LogP contribution in [0.25, 0.3) is 11.0 Å². The molecule has 2 heterocycles. The zero-order valence-corrected chi connectivity index (χ0v) is 13.7. The van der Waals surface area contributed by atoms with Crippen molar-refractivity contribution in [2.45, 2.75) is 32.3 Å². The van der Waals surface area contributed by atoms with Gasteiger partial charge in [0.1, 0.15) is 5.58 Å². The number of furan rings is 1. The van der Waals surface area contributed by atoms with Gasteiger partial charge in [-0.25, -0.2) is 13.1 Å². The van der Waals surface area contributed by atoms with Gasteiger partial charge in [-0.1, -0.05) is 18.2 Å². The van der Waals surface area contributed by atoms with Crippen LogP contribution in [0.2, 0.25) is 0 Å². The molecule has 1 N–H and O–H groups in total. The molecule has 0 aliphatic carbocycles. The van der Waals surface area contributed by atoms with Gasteiger partial charge in [0.15, 0.2) is 5.76 Å². The number of nitrogens with one attached hydrogen (secondary N) is 1. The van der Waals surface area contributed by atoms with E-state index in [2.05, 4.69) is 4.72 Å². The minimum absolute atomic E-state index is 0.0272. The molecule has 1 amide bonds. The van der Waals surface area contributed by atoms with Crippen LogP contribution in [-0.4, -0.2) is 32.8 Å². The lowest BCUT2D eigenvalue weighted by atomic mass is 10.1. The summed E-state index contributed by atoms with van der Waals surface area (Å²) >= 11 is 0. The molecule has 1 aliphatic rings. The molecule has 2 aromatic rings. The van der Waals surface area contributed by atoms with Gasteiger partial charge in [0.2, 0.25) is 10.0 Å². The number of benzene rings is 1. The fraction of sp³-hybridized carbons (Fsp3) is 0.438. The summed E-state index contributed by atoms with van der Waals surface area (Å²) in [6, 6.07) is 7.20. The molecule has 1 aromatic carbocycles. The van der Waals surface area contributed by atoms with Crippen molar-refractivity contribution < 1.29 is 22.4 Å². The molecule has 1 saturated heterocycles. The van der Waals surface area contributed by atoms with Gasteiger partial charge in [-0.3, -0.25) is 4.79 Å². The second-order valence-corrected chi connectivity index (χ2v) is 7.52. The second-order valence-electron chi connectivity index (χ2n) is 5.75. The minimum atomic E-state index is -3.77. The van der Waals surface area contributed by atoms with Crippen molar-refractivity contribution in [1.82, 2.24) is 4.72 Å². The average Bonchev–Trinajstić information content (AvgIpc) is 2.85. The lowest BCUT2D eigenvalue weighted by Crippen LogP contribution is -2.38. The summed E-state index contributed by atoms with van der Waals surface area (Å²) < 4.78 is 37.3. The lowest BCUT2D eigenvalue weighted by molar-refractivity contribution is 0.0304. The molecule has 0 spiro atoms. The Morgan fingerprint density at radius 3 is 2.78 bits per heavy atom. The quantitative estimate of drug-likeness (QED) is 0.926. The number of amides is 1. The highest BCUT2D eigenvalue weighted by atomic mass is 32.2. The highest BCUT2D eigenvalue weighted by Gasteiger charge is 2.26. The van der Waals surface area contributed by atoms with Crippen molar-refractivity contribution in [1.29, 1.82) is 0 Å². The van der Waals surface area contributed by atoms with Crippen LogP contribution in [-0.2, 0) is 14.8 Å². The number of carbonyl (C=O) groups excluding carboxylic acids is 1. The van der Waals surface area contributed by atoms with Crippen LogP contribution >= 0.6 is 0 Å². The average molecular weight is 337 g/mol.